The number of hydrogen-bond donors (Lipinski definition) is 0. The molecule has 0 amide bonds. The van der Waals surface area contributed by atoms with E-state index in [1.54, 1.807) is 7.11 Å². The molecule has 2 saturated carbocycles. The number of methoxy groups -OCH3 is 1. The molecule has 17 heavy (non-hydrogen) atoms. The molecule has 96 valence electrons. The van der Waals surface area contributed by atoms with E-state index in [9.17, 15) is 4.79 Å². The molecule has 0 heterocycles. The predicted octanol–water partition coefficient (Wildman–Crippen LogP) is 4.17. The Morgan fingerprint density at radius 1 is 1.47 bits per heavy atom. The van der Waals surface area contributed by atoms with E-state index in [0.29, 0.717) is 11.7 Å². The van der Waals surface area contributed by atoms with Crippen LogP contribution in [0, 0.1) is 11.3 Å². The molecule has 0 saturated heterocycles. The lowest BCUT2D eigenvalue weighted by atomic mass is 9.53. The zero-order valence-electron chi connectivity index (χ0n) is 10.0. The lowest BCUT2D eigenvalue weighted by molar-refractivity contribution is -0.151. The monoisotopic (exact) mass is 364 g/mol. The van der Waals surface area contributed by atoms with Gasteiger partial charge in [-0.15, -0.1) is 0 Å². The van der Waals surface area contributed by atoms with E-state index < -0.39 is 0 Å². The number of rotatable bonds is 3. The summed E-state index contributed by atoms with van der Waals surface area (Å²) in [6.07, 6.45) is 8.47. The highest BCUT2D eigenvalue weighted by Crippen LogP contribution is 2.54. The zero-order valence-corrected chi connectivity index (χ0v) is 13.2. The molecule has 1 spiro atoms. The van der Waals surface area contributed by atoms with Gasteiger partial charge in [-0.3, -0.25) is 4.79 Å². The largest absolute Gasteiger partial charge is 0.377 e. The Morgan fingerprint density at radius 3 is 2.71 bits per heavy atom. The fourth-order valence-electron chi connectivity index (χ4n) is 3.42. The van der Waals surface area contributed by atoms with Crippen LogP contribution in [0.2, 0.25) is 0 Å². The quantitative estimate of drug-likeness (QED) is 0.750. The smallest absolute Gasteiger partial charge is 0.139 e. The third-order valence-electron chi connectivity index (χ3n) is 4.41. The van der Waals surface area contributed by atoms with E-state index in [1.807, 2.05) is 6.08 Å². The van der Waals surface area contributed by atoms with Crippen molar-refractivity contribution in [2.75, 3.05) is 7.11 Å². The Morgan fingerprint density at radius 2 is 2.24 bits per heavy atom. The van der Waals surface area contributed by atoms with Crippen LogP contribution in [0.5, 0.6) is 0 Å². The topological polar surface area (TPSA) is 26.3 Å². The van der Waals surface area contributed by atoms with Crippen LogP contribution in [0.4, 0.5) is 0 Å². The molecule has 2 nitrogen and oxygen atoms in total. The lowest BCUT2D eigenvalue weighted by Gasteiger charge is -2.50. The Labute approximate surface area is 119 Å². The van der Waals surface area contributed by atoms with Gasteiger partial charge in [0.15, 0.2) is 0 Å². The SMILES string of the molecule is CO[C@H](C=C(Br)Br)[C@H]1CCCC[C@@]12CCC2=O. The molecule has 3 atom stereocenters. The summed E-state index contributed by atoms with van der Waals surface area (Å²) >= 11 is 6.78. The van der Waals surface area contributed by atoms with Crippen LogP contribution < -0.4 is 0 Å². The Kier molecular flexibility index (Phi) is 4.48. The average molecular weight is 366 g/mol. The Hall–Kier alpha value is 0.330. The van der Waals surface area contributed by atoms with Gasteiger partial charge in [-0.2, -0.15) is 0 Å². The molecule has 0 aromatic heterocycles. The van der Waals surface area contributed by atoms with Crippen LogP contribution in [0.25, 0.3) is 0 Å². The van der Waals surface area contributed by atoms with Crippen LogP contribution in [0.1, 0.15) is 38.5 Å². The molecule has 0 aromatic rings. The summed E-state index contributed by atoms with van der Waals surface area (Å²) in [5.74, 6) is 0.816. The van der Waals surface area contributed by atoms with Crippen LogP contribution in [0.3, 0.4) is 0 Å². The summed E-state index contributed by atoms with van der Waals surface area (Å²) in [5.41, 5.74) is -0.0646. The number of hydrogen-bond acceptors (Lipinski definition) is 2. The molecule has 2 aliphatic carbocycles. The molecule has 2 rings (SSSR count). The zero-order chi connectivity index (χ0) is 12.5. The summed E-state index contributed by atoms with van der Waals surface area (Å²) in [5, 5.41) is 0. The van der Waals surface area contributed by atoms with Gasteiger partial charge in [-0.05, 0) is 57.2 Å². The third kappa shape index (κ3) is 2.54. The lowest BCUT2D eigenvalue weighted by Crippen LogP contribution is -2.52. The number of carbonyl (C=O) groups excluding carboxylic acids is 1. The Balaban J connectivity index is 2.21. The maximum absolute atomic E-state index is 12.0. The van der Waals surface area contributed by atoms with Crippen molar-refractivity contribution >= 4 is 37.6 Å². The van der Waals surface area contributed by atoms with E-state index >= 15 is 0 Å². The van der Waals surface area contributed by atoms with Gasteiger partial charge in [0.2, 0.25) is 0 Å². The summed E-state index contributed by atoms with van der Waals surface area (Å²) < 4.78 is 6.50. The first kappa shape index (κ1) is 13.8. The van der Waals surface area contributed by atoms with Crippen LogP contribution in [-0.4, -0.2) is 19.0 Å². The fraction of sp³-hybridized carbons (Fsp3) is 0.769. The predicted molar refractivity (Wildman–Crippen MR) is 75.4 cm³/mol. The number of halogens is 2. The van der Waals surface area contributed by atoms with Gasteiger partial charge < -0.3 is 4.74 Å². The van der Waals surface area contributed by atoms with Gasteiger partial charge in [0, 0.05) is 24.9 Å². The summed E-state index contributed by atoms with van der Waals surface area (Å²) in [7, 11) is 1.73. The van der Waals surface area contributed by atoms with Crippen molar-refractivity contribution < 1.29 is 9.53 Å². The third-order valence-corrected chi connectivity index (χ3v) is 4.94. The van der Waals surface area contributed by atoms with Crippen molar-refractivity contribution in [1.82, 2.24) is 0 Å². The van der Waals surface area contributed by atoms with Gasteiger partial charge in [-0.1, -0.05) is 12.8 Å². The van der Waals surface area contributed by atoms with Gasteiger partial charge in [0.25, 0.3) is 0 Å². The first-order chi connectivity index (χ1) is 8.10. The second-order valence-electron chi connectivity index (χ2n) is 5.09. The van der Waals surface area contributed by atoms with E-state index in [4.69, 9.17) is 4.74 Å². The van der Waals surface area contributed by atoms with Crippen molar-refractivity contribution in [1.29, 1.82) is 0 Å². The average Bonchev–Trinajstić information content (AvgIpc) is 2.33. The van der Waals surface area contributed by atoms with Crippen molar-refractivity contribution in [3.63, 3.8) is 0 Å². The summed E-state index contributed by atoms with van der Waals surface area (Å²) in [6.45, 7) is 0. The number of carbonyl (C=O) groups is 1. The van der Waals surface area contributed by atoms with Crippen molar-refractivity contribution in [3.05, 3.63) is 9.47 Å². The Bertz CT molecular complexity index is 336. The maximum Gasteiger partial charge on any atom is 0.139 e. The highest BCUT2D eigenvalue weighted by atomic mass is 79.9. The summed E-state index contributed by atoms with van der Waals surface area (Å²) in [4.78, 5) is 12.0. The molecule has 0 aliphatic heterocycles. The molecule has 4 heteroatoms. The molecule has 0 N–H and O–H groups in total. The van der Waals surface area contributed by atoms with Crippen LogP contribution in [-0.2, 0) is 9.53 Å². The van der Waals surface area contributed by atoms with E-state index in [-0.39, 0.29) is 11.5 Å². The first-order valence-electron chi connectivity index (χ1n) is 6.19. The summed E-state index contributed by atoms with van der Waals surface area (Å²) in [6, 6.07) is 0. The second kappa shape index (κ2) is 5.54. The van der Waals surface area contributed by atoms with Crippen molar-refractivity contribution in [2.24, 2.45) is 11.3 Å². The fourth-order valence-corrected chi connectivity index (χ4v) is 3.94. The van der Waals surface area contributed by atoms with Crippen LogP contribution in [0.15, 0.2) is 9.47 Å². The second-order valence-corrected chi connectivity index (χ2v) is 7.86. The first-order valence-corrected chi connectivity index (χ1v) is 7.77. The molecular formula is C13H18Br2O2. The molecular weight excluding hydrogens is 348 g/mol. The number of ketones is 1. The standard InChI is InChI=1S/C13H18Br2O2/c1-17-10(8-12(14)15)9-4-2-3-6-13(9)7-5-11(13)16/h8-10H,2-7H2,1H3/t9-,10-,13-/m1/s1. The highest BCUT2D eigenvalue weighted by molar-refractivity contribution is 9.28. The highest BCUT2D eigenvalue weighted by Gasteiger charge is 2.54. The minimum atomic E-state index is -0.0646. The molecule has 2 aliphatic rings. The van der Waals surface area contributed by atoms with Gasteiger partial charge >= 0.3 is 0 Å². The van der Waals surface area contributed by atoms with Crippen LogP contribution >= 0.6 is 31.9 Å². The number of ether oxygens (including phenoxy) is 1. The van der Waals surface area contributed by atoms with Gasteiger partial charge in [-0.25, -0.2) is 0 Å². The molecule has 0 aromatic carbocycles. The van der Waals surface area contributed by atoms with Crippen molar-refractivity contribution in [3.8, 4) is 0 Å². The minimum Gasteiger partial charge on any atom is -0.377 e. The van der Waals surface area contributed by atoms with Gasteiger partial charge in [0.05, 0.1) is 9.50 Å². The van der Waals surface area contributed by atoms with Crippen molar-refractivity contribution in [2.45, 2.75) is 44.6 Å². The maximum atomic E-state index is 12.0. The number of Topliss-reactive ketones (excluding diaryl/α,β-unsaturated/α-hetero) is 1. The minimum absolute atomic E-state index is 0.0355. The molecule has 0 radical (unpaired) electrons. The molecule has 0 bridgehead atoms. The molecule has 2 fully saturated rings. The van der Waals surface area contributed by atoms with E-state index in [0.717, 1.165) is 29.1 Å². The van der Waals surface area contributed by atoms with E-state index in [1.165, 1.54) is 12.8 Å². The normalized spacial score (nSPS) is 34.3. The van der Waals surface area contributed by atoms with Gasteiger partial charge in [0.1, 0.15) is 5.78 Å². The molecule has 0 unspecified atom stereocenters. The van der Waals surface area contributed by atoms with E-state index in [2.05, 4.69) is 31.9 Å².